The summed E-state index contributed by atoms with van der Waals surface area (Å²) in [7, 11) is 1.34. The molecular formula is C25H24O8. The predicted octanol–water partition coefficient (Wildman–Crippen LogP) is 3.14. The number of ketones is 3. The van der Waals surface area contributed by atoms with E-state index < -0.39 is 45.8 Å². The highest BCUT2D eigenvalue weighted by molar-refractivity contribution is 6.31. The van der Waals surface area contributed by atoms with E-state index in [1.807, 2.05) is 0 Å². The van der Waals surface area contributed by atoms with Crippen molar-refractivity contribution in [3.8, 4) is 17.2 Å². The highest BCUT2D eigenvalue weighted by atomic mass is 16.5. The first-order chi connectivity index (χ1) is 15.6. The lowest BCUT2D eigenvalue weighted by molar-refractivity contribution is -0.159. The van der Waals surface area contributed by atoms with Crippen molar-refractivity contribution >= 4 is 23.3 Å². The lowest BCUT2D eigenvalue weighted by Gasteiger charge is -2.29. The molecule has 33 heavy (non-hydrogen) atoms. The Morgan fingerprint density at radius 2 is 1.82 bits per heavy atom. The number of hydrogen-bond acceptors (Lipinski definition) is 8. The van der Waals surface area contributed by atoms with Gasteiger partial charge in [-0.15, -0.1) is 6.58 Å². The summed E-state index contributed by atoms with van der Waals surface area (Å²) in [5.41, 5.74) is -2.56. The number of Topliss-reactive ketones (excluding diaryl/α,β-unsaturated/α-hetero) is 1. The van der Waals surface area contributed by atoms with Crippen LogP contribution in [-0.4, -0.2) is 47.2 Å². The molecule has 2 aromatic rings. The molecule has 0 aliphatic heterocycles. The molecule has 1 aliphatic carbocycles. The summed E-state index contributed by atoms with van der Waals surface area (Å²) in [6, 6.07) is 5.55. The van der Waals surface area contributed by atoms with Crippen LogP contribution in [0, 0.1) is 5.41 Å². The minimum absolute atomic E-state index is 0.0238. The second-order valence-corrected chi connectivity index (χ2v) is 7.72. The van der Waals surface area contributed by atoms with Crippen LogP contribution < -0.4 is 4.74 Å². The van der Waals surface area contributed by atoms with Crippen LogP contribution in [0.15, 0.2) is 36.9 Å². The summed E-state index contributed by atoms with van der Waals surface area (Å²) < 4.78 is 10.3. The normalized spacial score (nSPS) is 14.0. The zero-order valence-electron chi connectivity index (χ0n) is 18.6. The summed E-state index contributed by atoms with van der Waals surface area (Å²) in [6.45, 7) is 6.43. The number of benzene rings is 2. The third-order valence-corrected chi connectivity index (χ3v) is 5.86. The number of ether oxygens (including phenoxy) is 2. The number of phenols is 2. The van der Waals surface area contributed by atoms with Crippen LogP contribution in [0.1, 0.15) is 57.7 Å². The summed E-state index contributed by atoms with van der Waals surface area (Å²) in [5.74, 6) is -3.75. The van der Waals surface area contributed by atoms with E-state index in [0.29, 0.717) is 0 Å². The van der Waals surface area contributed by atoms with E-state index in [1.165, 1.54) is 38.3 Å². The maximum Gasteiger partial charge on any atom is 0.320 e. The number of rotatable bonds is 8. The predicted molar refractivity (Wildman–Crippen MR) is 118 cm³/mol. The fourth-order valence-electron chi connectivity index (χ4n) is 4.16. The van der Waals surface area contributed by atoms with Gasteiger partial charge in [-0.3, -0.25) is 19.2 Å². The molecule has 0 fully saturated rings. The number of aromatic hydroxyl groups is 2. The van der Waals surface area contributed by atoms with Gasteiger partial charge in [0.05, 0.1) is 30.4 Å². The van der Waals surface area contributed by atoms with E-state index in [-0.39, 0.29) is 47.5 Å². The topological polar surface area (TPSA) is 127 Å². The van der Waals surface area contributed by atoms with Gasteiger partial charge in [-0.1, -0.05) is 18.2 Å². The Morgan fingerprint density at radius 1 is 1.12 bits per heavy atom. The minimum atomic E-state index is -1.73. The molecule has 2 aromatic carbocycles. The van der Waals surface area contributed by atoms with Gasteiger partial charge in [0.25, 0.3) is 0 Å². The van der Waals surface area contributed by atoms with Crippen molar-refractivity contribution in [2.75, 3.05) is 13.7 Å². The van der Waals surface area contributed by atoms with Crippen molar-refractivity contribution in [1.82, 2.24) is 0 Å². The minimum Gasteiger partial charge on any atom is -0.507 e. The van der Waals surface area contributed by atoms with E-state index in [1.54, 1.807) is 6.92 Å². The number of esters is 1. The molecule has 0 aromatic heterocycles. The lowest BCUT2D eigenvalue weighted by Crippen LogP contribution is -2.41. The average molecular weight is 452 g/mol. The van der Waals surface area contributed by atoms with E-state index >= 15 is 0 Å². The Kier molecular flexibility index (Phi) is 6.39. The molecular weight excluding hydrogens is 428 g/mol. The molecule has 3 rings (SSSR count). The third-order valence-electron chi connectivity index (χ3n) is 5.86. The Hall–Kier alpha value is -3.94. The number of carbonyl (C=O) groups excluding carboxylic acids is 4. The van der Waals surface area contributed by atoms with Gasteiger partial charge >= 0.3 is 5.97 Å². The first kappa shape index (κ1) is 23.7. The van der Waals surface area contributed by atoms with Crippen LogP contribution in [0.2, 0.25) is 0 Å². The maximum absolute atomic E-state index is 13.3. The number of fused-ring (bicyclic) bond motifs is 2. The van der Waals surface area contributed by atoms with Crippen molar-refractivity contribution in [3.63, 3.8) is 0 Å². The lowest BCUT2D eigenvalue weighted by atomic mass is 9.73. The number of hydrogen-bond donors (Lipinski definition) is 2. The van der Waals surface area contributed by atoms with Crippen molar-refractivity contribution in [3.05, 3.63) is 64.7 Å². The molecule has 0 spiro atoms. The van der Waals surface area contributed by atoms with Crippen LogP contribution in [-0.2, 0) is 20.7 Å². The Balaban J connectivity index is 2.24. The summed E-state index contributed by atoms with van der Waals surface area (Å²) in [4.78, 5) is 51.8. The fourth-order valence-corrected chi connectivity index (χ4v) is 4.16. The smallest absolute Gasteiger partial charge is 0.320 e. The number of phenolic OH excluding ortho intramolecular Hbond substituents is 2. The van der Waals surface area contributed by atoms with Crippen molar-refractivity contribution < 1.29 is 38.9 Å². The maximum atomic E-state index is 13.3. The van der Waals surface area contributed by atoms with E-state index in [4.69, 9.17) is 9.47 Å². The SMILES string of the molecule is C=CCC(Cc1cc(O)c2c(c1O)C(=O)c1c(OC)cccc1C2=O)(C(C)=O)C(=O)OCC. The van der Waals surface area contributed by atoms with E-state index in [2.05, 4.69) is 6.58 Å². The Bertz CT molecular complexity index is 1190. The molecule has 1 aliphatic rings. The number of carbonyl (C=O) groups is 4. The van der Waals surface area contributed by atoms with Gasteiger partial charge < -0.3 is 19.7 Å². The van der Waals surface area contributed by atoms with E-state index in [0.717, 1.165) is 6.07 Å². The largest absolute Gasteiger partial charge is 0.507 e. The molecule has 8 nitrogen and oxygen atoms in total. The molecule has 1 atom stereocenters. The van der Waals surface area contributed by atoms with Gasteiger partial charge in [0.1, 0.15) is 28.4 Å². The first-order valence-electron chi connectivity index (χ1n) is 10.3. The van der Waals surface area contributed by atoms with E-state index in [9.17, 15) is 29.4 Å². The van der Waals surface area contributed by atoms with Crippen LogP contribution >= 0.6 is 0 Å². The second kappa shape index (κ2) is 8.90. The van der Waals surface area contributed by atoms with Gasteiger partial charge in [0.15, 0.2) is 5.78 Å². The highest BCUT2D eigenvalue weighted by Gasteiger charge is 2.46. The zero-order valence-corrected chi connectivity index (χ0v) is 18.6. The van der Waals surface area contributed by atoms with Gasteiger partial charge in [-0.25, -0.2) is 0 Å². The number of allylic oxidation sites excluding steroid dienone is 1. The van der Waals surface area contributed by atoms with Gasteiger partial charge in [-0.2, -0.15) is 0 Å². The summed E-state index contributed by atoms with van der Waals surface area (Å²) in [6.07, 6.45) is 0.908. The molecule has 0 heterocycles. The molecule has 0 saturated heterocycles. The van der Waals surface area contributed by atoms with Crippen LogP contribution in [0.4, 0.5) is 0 Å². The molecule has 0 amide bonds. The van der Waals surface area contributed by atoms with Gasteiger partial charge in [-0.05, 0) is 44.4 Å². The fraction of sp³-hybridized carbons (Fsp3) is 0.280. The Morgan fingerprint density at radius 3 is 2.39 bits per heavy atom. The molecule has 8 heteroatoms. The first-order valence-corrected chi connectivity index (χ1v) is 10.3. The van der Waals surface area contributed by atoms with Crippen LogP contribution in [0.3, 0.4) is 0 Å². The third kappa shape index (κ3) is 3.67. The molecule has 1 unspecified atom stereocenters. The van der Waals surface area contributed by atoms with Crippen molar-refractivity contribution in [2.24, 2.45) is 5.41 Å². The standard InChI is InChI=1S/C25H24O8/c1-5-10-25(13(3)26,24(31)33-6-2)12-14-11-16(27)19-20(21(14)28)23(30)18-15(22(19)29)8-7-9-17(18)32-4/h5,7-9,11,27-28H,1,6,10,12H2,2-4H3. The second-order valence-electron chi connectivity index (χ2n) is 7.72. The number of methoxy groups -OCH3 is 1. The highest BCUT2D eigenvalue weighted by Crippen LogP contribution is 2.44. The molecule has 0 bridgehead atoms. The van der Waals surface area contributed by atoms with Crippen LogP contribution in [0.5, 0.6) is 17.2 Å². The van der Waals surface area contributed by atoms with Gasteiger partial charge in [0.2, 0.25) is 5.78 Å². The summed E-state index contributed by atoms with van der Waals surface area (Å²) in [5, 5.41) is 21.7. The quantitative estimate of drug-likeness (QED) is 0.231. The van der Waals surface area contributed by atoms with Gasteiger partial charge in [0, 0.05) is 5.56 Å². The van der Waals surface area contributed by atoms with Crippen molar-refractivity contribution in [1.29, 1.82) is 0 Å². The summed E-state index contributed by atoms with van der Waals surface area (Å²) >= 11 is 0. The zero-order chi connectivity index (χ0) is 24.5. The monoisotopic (exact) mass is 452 g/mol. The Labute approximate surface area is 190 Å². The molecule has 0 saturated carbocycles. The average Bonchev–Trinajstić information content (AvgIpc) is 2.78. The molecule has 2 N–H and O–H groups in total. The van der Waals surface area contributed by atoms with Crippen LogP contribution in [0.25, 0.3) is 0 Å². The van der Waals surface area contributed by atoms with Crippen molar-refractivity contribution in [2.45, 2.75) is 26.7 Å². The molecule has 172 valence electrons. The molecule has 0 radical (unpaired) electrons.